The lowest BCUT2D eigenvalue weighted by Gasteiger charge is -2.34. The molecule has 5 rings (SSSR count). The Bertz CT molecular complexity index is 1510. The van der Waals surface area contributed by atoms with Crippen LogP contribution in [0.2, 0.25) is 5.02 Å². The number of carbonyl (C=O) groups excluding carboxylic acids is 1. The van der Waals surface area contributed by atoms with Crippen LogP contribution in [0, 0.1) is 0 Å². The minimum absolute atomic E-state index is 0.143. The van der Waals surface area contributed by atoms with Crippen LogP contribution < -0.4 is 14.4 Å². The molecule has 1 atom stereocenters. The van der Waals surface area contributed by atoms with Gasteiger partial charge in [0.15, 0.2) is 6.10 Å². The molecule has 0 radical (unpaired) electrons. The standard InChI is InChI=1S/C24H22ClN3O4S/c1-3-27-19-7-5-4-6-17(19)18-13-16(9-10-20(18)27)26-24(29)23-14-28(33(2,30)31)21-12-15(25)8-11-22(21)32-23/h4-13,23H,3,14H2,1-2H3,(H,26,29). The predicted octanol–water partition coefficient (Wildman–Crippen LogP) is 4.63. The van der Waals surface area contributed by atoms with Gasteiger partial charge in [-0.15, -0.1) is 0 Å². The summed E-state index contributed by atoms with van der Waals surface area (Å²) in [5.41, 5.74) is 3.15. The highest BCUT2D eigenvalue weighted by atomic mass is 35.5. The van der Waals surface area contributed by atoms with E-state index in [-0.39, 0.29) is 12.3 Å². The summed E-state index contributed by atoms with van der Waals surface area (Å²) in [4.78, 5) is 13.1. The number of anilines is 2. The number of aromatic nitrogens is 1. The number of fused-ring (bicyclic) bond motifs is 4. The van der Waals surface area contributed by atoms with E-state index in [0.717, 1.165) is 38.9 Å². The molecule has 1 N–H and O–H groups in total. The van der Waals surface area contributed by atoms with Crippen molar-refractivity contribution in [3.63, 3.8) is 0 Å². The first kappa shape index (κ1) is 21.6. The van der Waals surface area contributed by atoms with Gasteiger partial charge in [-0.25, -0.2) is 8.42 Å². The summed E-state index contributed by atoms with van der Waals surface area (Å²) in [6, 6.07) is 18.6. The molecule has 0 bridgehead atoms. The van der Waals surface area contributed by atoms with Crippen molar-refractivity contribution in [2.45, 2.75) is 19.6 Å². The lowest BCUT2D eigenvalue weighted by atomic mass is 10.1. The Morgan fingerprint density at radius 2 is 1.85 bits per heavy atom. The van der Waals surface area contributed by atoms with E-state index in [9.17, 15) is 13.2 Å². The van der Waals surface area contributed by atoms with Crippen LogP contribution in [-0.2, 0) is 21.4 Å². The van der Waals surface area contributed by atoms with Gasteiger partial charge in [0.25, 0.3) is 5.91 Å². The van der Waals surface area contributed by atoms with Crippen LogP contribution in [0.25, 0.3) is 21.8 Å². The molecule has 1 unspecified atom stereocenters. The van der Waals surface area contributed by atoms with Gasteiger partial charge in [0.05, 0.1) is 18.5 Å². The highest BCUT2D eigenvalue weighted by Gasteiger charge is 2.35. The quantitative estimate of drug-likeness (QED) is 0.458. The van der Waals surface area contributed by atoms with Crippen LogP contribution in [0.1, 0.15) is 6.92 Å². The number of nitrogens with zero attached hydrogens (tertiary/aromatic N) is 2. The topological polar surface area (TPSA) is 80.6 Å². The maximum atomic E-state index is 13.1. The van der Waals surface area contributed by atoms with Crippen molar-refractivity contribution in [3.05, 3.63) is 65.7 Å². The molecule has 1 aromatic heterocycles. The number of ether oxygens (including phenoxy) is 1. The summed E-state index contributed by atoms with van der Waals surface area (Å²) in [5.74, 6) is -0.138. The second-order valence-corrected chi connectivity index (χ2v) is 10.3. The van der Waals surface area contributed by atoms with Gasteiger partial charge in [-0.05, 0) is 49.4 Å². The summed E-state index contributed by atoms with van der Waals surface area (Å²) in [7, 11) is -3.64. The number of hydrogen-bond donors (Lipinski definition) is 1. The number of halogens is 1. The Morgan fingerprint density at radius 1 is 1.09 bits per heavy atom. The number of carbonyl (C=O) groups is 1. The Labute approximate surface area is 196 Å². The lowest BCUT2D eigenvalue weighted by molar-refractivity contribution is -0.122. The van der Waals surface area contributed by atoms with Gasteiger partial charge >= 0.3 is 0 Å². The average molecular weight is 484 g/mol. The Hall–Kier alpha value is -3.23. The van der Waals surface area contributed by atoms with E-state index in [0.29, 0.717) is 16.4 Å². The van der Waals surface area contributed by atoms with Crippen LogP contribution >= 0.6 is 11.6 Å². The van der Waals surface area contributed by atoms with Crippen molar-refractivity contribution in [2.24, 2.45) is 0 Å². The second-order valence-electron chi connectivity index (χ2n) is 8.00. The van der Waals surface area contributed by atoms with E-state index in [1.165, 1.54) is 6.07 Å². The number of rotatable bonds is 4. The van der Waals surface area contributed by atoms with Gasteiger partial charge in [0, 0.05) is 39.1 Å². The minimum Gasteiger partial charge on any atom is -0.476 e. The van der Waals surface area contributed by atoms with Crippen molar-refractivity contribution in [3.8, 4) is 5.75 Å². The van der Waals surface area contributed by atoms with Gasteiger partial charge in [-0.3, -0.25) is 9.10 Å². The van der Waals surface area contributed by atoms with Gasteiger partial charge in [-0.2, -0.15) is 0 Å². The van der Waals surface area contributed by atoms with Crippen LogP contribution in [-0.4, -0.2) is 37.8 Å². The minimum atomic E-state index is -3.64. The molecule has 1 amide bonds. The molecule has 0 spiro atoms. The van der Waals surface area contributed by atoms with E-state index in [1.54, 1.807) is 12.1 Å². The number of nitrogens with one attached hydrogen (secondary N) is 1. The molecular formula is C24H22ClN3O4S. The maximum absolute atomic E-state index is 13.1. The van der Waals surface area contributed by atoms with Gasteiger partial charge in [0.2, 0.25) is 10.0 Å². The fraction of sp³-hybridized carbons (Fsp3) is 0.208. The van der Waals surface area contributed by atoms with E-state index in [4.69, 9.17) is 16.3 Å². The summed E-state index contributed by atoms with van der Waals surface area (Å²) >= 11 is 6.04. The first-order valence-corrected chi connectivity index (χ1v) is 12.7. The average Bonchev–Trinajstić information content (AvgIpc) is 3.10. The molecule has 0 saturated carbocycles. The maximum Gasteiger partial charge on any atom is 0.267 e. The molecular weight excluding hydrogens is 462 g/mol. The monoisotopic (exact) mass is 483 g/mol. The zero-order valence-corrected chi connectivity index (χ0v) is 19.7. The molecule has 9 heteroatoms. The van der Waals surface area contributed by atoms with E-state index in [2.05, 4.69) is 28.9 Å². The highest BCUT2D eigenvalue weighted by molar-refractivity contribution is 7.92. The third-order valence-electron chi connectivity index (χ3n) is 5.84. The van der Waals surface area contributed by atoms with E-state index >= 15 is 0 Å². The summed E-state index contributed by atoms with van der Waals surface area (Å²) < 4.78 is 34.0. The molecule has 33 heavy (non-hydrogen) atoms. The molecule has 0 saturated heterocycles. The van der Waals surface area contributed by atoms with Gasteiger partial charge in [0.1, 0.15) is 5.75 Å². The van der Waals surface area contributed by atoms with Crippen LogP contribution in [0.3, 0.4) is 0 Å². The first-order valence-electron chi connectivity index (χ1n) is 10.5. The second kappa shape index (κ2) is 7.97. The van der Waals surface area contributed by atoms with Crippen LogP contribution in [0.4, 0.5) is 11.4 Å². The largest absolute Gasteiger partial charge is 0.476 e. The third-order valence-corrected chi connectivity index (χ3v) is 7.22. The SMILES string of the molecule is CCn1c2ccccc2c2cc(NC(=O)C3CN(S(C)(=O)=O)c4cc(Cl)ccc4O3)ccc21. The molecule has 0 fully saturated rings. The normalized spacial score (nSPS) is 16.0. The molecule has 7 nitrogen and oxygen atoms in total. The van der Waals surface area contributed by atoms with Crippen LogP contribution in [0.15, 0.2) is 60.7 Å². The Balaban J connectivity index is 1.47. The first-order chi connectivity index (χ1) is 15.8. The summed E-state index contributed by atoms with van der Waals surface area (Å²) in [5, 5.41) is 5.41. The number of sulfonamides is 1. The molecule has 0 aliphatic carbocycles. The molecule has 2 heterocycles. The Kier molecular flexibility index (Phi) is 5.22. The fourth-order valence-corrected chi connectivity index (χ4v) is 5.44. The smallest absolute Gasteiger partial charge is 0.267 e. The molecule has 1 aliphatic heterocycles. The third kappa shape index (κ3) is 3.79. The molecule has 170 valence electrons. The van der Waals surface area contributed by atoms with Crippen molar-refractivity contribution in [2.75, 3.05) is 22.4 Å². The number of amides is 1. The zero-order valence-electron chi connectivity index (χ0n) is 18.1. The number of para-hydroxylation sites is 1. The fourth-order valence-electron chi connectivity index (χ4n) is 4.37. The van der Waals surface area contributed by atoms with Crippen molar-refractivity contribution < 1.29 is 17.9 Å². The molecule has 3 aromatic carbocycles. The predicted molar refractivity (Wildman–Crippen MR) is 132 cm³/mol. The summed E-state index contributed by atoms with van der Waals surface area (Å²) in [6.07, 6.45) is 0.0798. The van der Waals surface area contributed by atoms with Gasteiger partial charge < -0.3 is 14.6 Å². The van der Waals surface area contributed by atoms with E-state index < -0.39 is 22.0 Å². The van der Waals surface area contributed by atoms with Crippen molar-refractivity contribution >= 4 is 60.7 Å². The Morgan fingerprint density at radius 3 is 2.61 bits per heavy atom. The van der Waals surface area contributed by atoms with Crippen LogP contribution in [0.5, 0.6) is 5.75 Å². The number of benzene rings is 3. The highest BCUT2D eigenvalue weighted by Crippen LogP contribution is 2.37. The number of aryl methyl sites for hydroxylation is 1. The van der Waals surface area contributed by atoms with Gasteiger partial charge in [-0.1, -0.05) is 29.8 Å². The molecule has 1 aliphatic rings. The zero-order chi connectivity index (χ0) is 23.3. The lowest BCUT2D eigenvalue weighted by Crippen LogP contribution is -2.48. The van der Waals surface area contributed by atoms with Crippen molar-refractivity contribution in [1.82, 2.24) is 4.57 Å². The molecule has 4 aromatic rings. The summed E-state index contributed by atoms with van der Waals surface area (Å²) in [6.45, 7) is 2.78. The number of hydrogen-bond acceptors (Lipinski definition) is 4. The van der Waals surface area contributed by atoms with Crippen molar-refractivity contribution in [1.29, 1.82) is 0 Å². The van der Waals surface area contributed by atoms with E-state index in [1.807, 2.05) is 30.3 Å².